The van der Waals surface area contributed by atoms with Crippen molar-refractivity contribution < 1.29 is 19.1 Å². The van der Waals surface area contributed by atoms with E-state index in [9.17, 15) is 14.7 Å². The van der Waals surface area contributed by atoms with Crippen LogP contribution in [0.15, 0.2) is 51.6 Å². The number of allylic oxidation sites excluding steroid dienone is 1. The second kappa shape index (κ2) is 6.98. The lowest BCUT2D eigenvalue weighted by molar-refractivity contribution is -0.140. The number of aliphatic hydroxyl groups is 1. The molecule has 0 saturated carbocycles. The minimum atomic E-state index is -1.85. The van der Waals surface area contributed by atoms with Gasteiger partial charge in [0.15, 0.2) is 11.4 Å². The first-order valence-electron chi connectivity index (χ1n) is 8.04. The van der Waals surface area contributed by atoms with Crippen LogP contribution in [0.4, 0.5) is 5.69 Å². The third-order valence-corrected chi connectivity index (χ3v) is 4.64. The van der Waals surface area contributed by atoms with E-state index in [1.807, 2.05) is 13.0 Å². The Morgan fingerprint density at radius 2 is 2.20 bits per heavy atom. The Balaban J connectivity index is 1.90. The first-order valence-corrected chi connectivity index (χ1v) is 8.84. The third-order valence-electron chi connectivity index (χ3n) is 4.15. The van der Waals surface area contributed by atoms with Gasteiger partial charge < -0.3 is 14.4 Å². The van der Waals surface area contributed by atoms with E-state index in [-0.39, 0.29) is 12.2 Å². The number of ketones is 1. The molecule has 2 aromatic rings. The molecule has 1 aliphatic heterocycles. The molecule has 1 aliphatic rings. The van der Waals surface area contributed by atoms with Gasteiger partial charge in [-0.3, -0.25) is 9.59 Å². The molecule has 1 aromatic heterocycles. The van der Waals surface area contributed by atoms with E-state index in [2.05, 4.69) is 15.9 Å². The normalized spacial score (nSPS) is 19.6. The quantitative estimate of drug-likeness (QED) is 0.747. The summed E-state index contributed by atoms with van der Waals surface area (Å²) in [6.07, 6.45) is 4.80. The van der Waals surface area contributed by atoms with Gasteiger partial charge in [-0.25, -0.2) is 0 Å². The van der Waals surface area contributed by atoms with Crippen molar-refractivity contribution in [3.05, 3.63) is 58.5 Å². The number of benzene rings is 1. The van der Waals surface area contributed by atoms with Crippen LogP contribution < -0.4 is 4.90 Å². The van der Waals surface area contributed by atoms with E-state index in [4.69, 9.17) is 4.42 Å². The Bertz CT molecular complexity index is 828. The van der Waals surface area contributed by atoms with Crippen molar-refractivity contribution in [1.82, 2.24) is 0 Å². The molecule has 5 nitrogen and oxygen atoms in total. The van der Waals surface area contributed by atoms with Crippen LogP contribution in [0.2, 0.25) is 0 Å². The van der Waals surface area contributed by atoms with E-state index in [1.165, 1.54) is 18.4 Å². The van der Waals surface area contributed by atoms with Crippen LogP contribution in [0.3, 0.4) is 0 Å². The van der Waals surface area contributed by atoms with Gasteiger partial charge in [0.2, 0.25) is 0 Å². The Hall–Kier alpha value is -2.18. The first-order chi connectivity index (χ1) is 12.0. The molecule has 0 fully saturated rings. The van der Waals surface area contributed by atoms with Crippen molar-refractivity contribution in [2.45, 2.75) is 25.4 Å². The molecule has 1 amide bonds. The SMILES string of the molecule is CCCN1C(=O)[C@](O)(CC(=O)/C=C/c2ccco2)c2cc(Br)ccc21. The molecule has 1 aromatic carbocycles. The van der Waals surface area contributed by atoms with Crippen LogP contribution in [0.25, 0.3) is 6.08 Å². The van der Waals surface area contributed by atoms with E-state index in [0.29, 0.717) is 23.6 Å². The molecule has 0 saturated heterocycles. The van der Waals surface area contributed by atoms with Gasteiger partial charge in [0.05, 0.1) is 18.4 Å². The number of hydrogen-bond donors (Lipinski definition) is 1. The molecule has 1 N–H and O–H groups in total. The lowest BCUT2D eigenvalue weighted by Crippen LogP contribution is -2.41. The van der Waals surface area contributed by atoms with Crippen LogP contribution in [0, 0.1) is 0 Å². The number of nitrogens with zero attached hydrogens (tertiary/aromatic N) is 1. The predicted molar refractivity (Wildman–Crippen MR) is 98.0 cm³/mol. The Morgan fingerprint density at radius 1 is 1.40 bits per heavy atom. The largest absolute Gasteiger partial charge is 0.465 e. The highest BCUT2D eigenvalue weighted by atomic mass is 79.9. The van der Waals surface area contributed by atoms with Gasteiger partial charge in [-0.2, -0.15) is 0 Å². The molecule has 0 radical (unpaired) electrons. The fourth-order valence-electron chi connectivity index (χ4n) is 3.01. The van der Waals surface area contributed by atoms with Crippen LogP contribution >= 0.6 is 15.9 Å². The van der Waals surface area contributed by atoms with Gasteiger partial charge >= 0.3 is 0 Å². The summed E-state index contributed by atoms with van der Waals surface area (Å²) in [5, 5.41) is 11.1. The fourth-order valence-corrected chi connectivity index (χ4v) is 3.37. The van der Waals surface area contributed by atoms with Crippen LogP contribution in [-0.4, -0.2) is 23.3 Å². The second-order valence-corrected chi connectivity index (χ2v) is 6.89. The maximum Gasteiger partial charge on any atom is 0.264 e. The highest BCUT2D eigenvalue weighted by Gasteiger charge is 2.50. The topological polar surface area (TPSA) is 70.8 Å². The highest BCUT2D eigenvalue weighted by molar-refractivity contribution is 9.10. The van der Waals surface area contributed by atoms with Crippen LogP contribution in [-0.2, 0) is 15.2 Å². The molecule has 0 bridgehead atoms. The Kier molecular flexibility index (Phi) is 4.92. The molecule has 130 valence electrons. The first kappa shape index (κ1) is 17.6. The van der Waals surface area contributed by atoms with E-state index in [1.54, 1.807) is 29.2 Å². The summed E-state index contributed by atoms with van der Waals surface area (Å²) < 4.78 is 5.88. The summed E-state index contributed by atoms with van der Waals surface area (Å²) in [5.74, 6) is -0.271. The van der Waals surface area contributed by atoms with E-state index < -0.39 is 11.5 Å². The molecule has 1 atom stereocenters. The van der Waals surface area contributed by atoms with E-state index in [0.717, 1.165) is 10.9 Å². The van der Waals surface area contributed by atoms with Gasteiger partial charge in [-0.05, 0) is 48.9 Å². The number of carbonyl (C=O) groups excluding carboxylic acids is 2. The minimum absolute atomic E-state index is 0.313. The van der Waals surface area contributed by atoms with Crippen molar-refractivity contribution in [3.8, 4) is 0 Å². The number of anilines is 1. The van der Waals surface area contributed by atoms with Crippen molar-refractivity contribution in [2.24, 2.45) is 0 Å². The monoisotopic (exact) mass is 403 g/mol. The number of amides is 1. The molecular weight excluding hydrogens is 386 g/mol. The minimum Gasteiger partial charge on any atom is -0.465 e. The summed E-state index contributed by atoms with van der Waals surface area (Å²) >= 11 is 3.37. The third kappa shape index (κ3) is 3.32. The smallest absolute Gasteiger partial charge is 0.264 e. The highest BCUT2D eigenvalue weighted by Crippen LogP contribution is 2.43. The lowest BCUT2D eigenvalue weighted by Gasteiger charge is -2.22. The Labute approximate surface area is 154 Å². The number of hydrogen-bond acceptors (Lipinski definition) is 4. The standard InChI is InChI=1S/C19H18BrNO4/c1-2-9-21-17-8-5-13(20)11-16(17)19(24,18(21)23)12-14(22)6-7-15-4-3-10-25-15/h3-8,10-11,24H,2,9,12H2,1H3/b7-6+/t19-/m0/s1. The number of halogens is 1. The summed E-state index contributed by atoms with van der Waals surface area (Å²) in [6, 6.07) is 8.74. The number of rotatable bonds is 6. The van der Waals surface area contributed by atoms with Gasteiger partial charge in [0.25, 0.3) is 5.91 Å². The zero-order valence-corrected chi connectivity index (χ0v) is 15.3. The van der Waals surface area contributed by atoms with Gasteiger partial charge in [-0.1, -0.05) is 22.9 Å². The maximum absolute atomic E-state index is 12.8. The second-order valence-electron chi connectivity index (χ2n) is 5.97. The average Bonchev–Trinajstić information content (AvgIpc) is 3.16. The molecule has 0 aliphatic carbocycles. The summed E-state index contributed by atoms with van der Waals surface area (Å²) in [5.41, 5.74) is -0.737. The van der Waals surface area contributed by atoms with Gasteiger partial charge in [0, 0.05) is 16.6 Å². The summed E-state index contributed by atoms with van der Waals surface area (Å²) in [6.45, 7) is 2.45. The fraction of sp³-hybridized carbons (Fsp3) is 0.263. The summed E-state index contributed by atoms with van der Waals surface area (Å²) in [7, 11) is 0. The van der Waals surface area contributed by atoms with Crippen LogP contribution in [0.5, 0.6) is 0 Å². The number of carbonyl (C=O) groups is 2. The zero-order chi connectivity index (χ0) is 18.0. The van der Waals surface area contributed by atoms with Crippen molar-refractivity contribution in [3.63, 3.8) is 0 Å². The van der Waals surface area contributed by atoms with Crippen molar-refractivity contribution in [1.29, 1.82) is 0 Å². The van der Waals surface area contributed by atoms with Crippen LogP contribution in [0.1, 0.15) is 31.1 Å². The zero-order valence-electron chi connectivity index (χ0n) is 13.7. The molecular formula is C19H18BrNO4. The molecule has 25 heavy (non-hydrogen) atoms. The molecule has 2 heterocycles. The summed E-state index contributed by atoms with van der Waals surface area (Å²) in [4.78, 5) is 26.7. The number of fused-ring (bicyclic) bond motifs is 1. The lowest BCUT2D eigenvalue weighted by atomic mass is 9.90. The molecule has 6 heteroatoms. The van der Waals surface area contributed by atoms with E-state index >= 15 is 0 Å². The van der Waals surface area contributed by atoms with Gasteiger partial charge in [-0.15, -0.1) is 0 Å². The van der Waals surface area contributed by atoms with Crippen molar-refractivity contribution in [2.75, 3.05) is 11.4 Å². The molecule has 3 rings (SSSR count). The predicted octanol–water partition coefficient (Wildman–Crippen LogP) is 3.66. The molecule has 0 unspecified atom stereocenters. The maximum atomic E-state index is 12.8. The van der Waals surface area contributed by atoms with Crippen molar-refractivity contribution >= 4 is 39.4 Å². The Morgan fingerprint density at radius 3 is 2.88 bits per heavy atom. The van der Waals surface area contributed by atoms with Gasteiger partial charge in [0.1, 0.15) is 5.76 Å². The number of furan rings is 1. The average molecular weight is 404 g/mol. The molecule has 0 spiro atoms.